The van der Waals surface area contributed by atoms with Crippen molar-refractivity contribution in [3.05, 3.63) is 23.7 Å². The normalized spacial score (nSPS) is 13.2. The highest BCUT2D eigenvalue weighted by Crippen LogP contribution is 2.33. The van der Waals surface area contributed by atoms with Crippen LogP contribution in [0.1, 0.15) is 65.9 Å². The van der Waals surface area contributed by atoms with Crippen LogP contribution in [0.2, 0.25) is 0 Å². The molecule has 1 rings (SSSR count). The van der Waals surface area contributed by atoms with E-state index in [1.807, 2.05) is 0 Å². The van der Waals surface area contributed by atoms with Gasteiger partial charge in [0.1, 0.15) is 11.5 Å². The van der Waals surface area contributed by atoms with Crippen molar-refractivity contribution in [3.8, 4) is 0 Å². The predicted molar refractivity (Wildman–Crippen MR) is 65.3 cm³/mol. The lowest BCUT2D eigenvalue weighted by atomic mass is 9.85. The third-order valence-electron chi connectivity index (χ3n) is 2.89. The number of hydrogen-bond donors (Lipinski definition) is 0. The van der Waals surface area contributed by atoms with Crippen molar-refractivity contribution in [2.75, 3.05) is 0 Å². The minimum atomic E-state index is 0.112. The molecule has 0 aliphatic rings. The molecule has 1 heteroatoms. The zero-order chi connectivity index (χ0) is 11.7. The summed E-state index contributed by atoms with van der Waals surface area (Å²) >= 11 is 0. The lowest BCUT2D eigenvalue weighted by Gasteiger charge is -2.22. The van der Waals surface area contributed by atoms with E-state index in [9.17, 15) is 0 Å². The number of rotatable bonds is 3. The van der Waals surface area contributed by atoms with Crippen LogP contribution in [0.4, 0.5) is 0 Å². The first-order valence-corrected chi connectivity index (χ1v) is 5.88. The molecule has 0 saturated carbocycles. The van der Waals surface area contributed by atoms with E-state index >= 15 is 0 Å². The van der Waals surface area contributed by atoms with E-state index < -0.39 is 0 Å². The summed E-state index contributed by atoms with van der Waals surface area (Å²) in [6.07, 6.45) is 2.36. The van der Waals surface area contributed by atoms with Crippen LogP contribution in [-0.4, -0.2) is 0 Å². The van der Waals surface area contributed by atoms with Gasteiger partial charge in [0, 0.05) is 10.8 Å². The van der Waals surface area contributed by atoms with E-state index in [-0.39, 0.29) is 10.8 Å². The molecule has 0 spiro atoms. The Labute approximate surface area is 93.9 Å². The zero-order valence-corrected chi connectivity index (χ0v) is 11.0. The second-order valence-corrected chi connectivity index (χ2v) is 6.05. The highest BCUT2D eigenvalue weighted by atomic mass is 16.3. The molecule has 0 aliphatic carbocycles. The highest BCUT2D eigenvalue weighted by Gasteiger charge is 2.26. The molecule has 86 valence electrons. The summed E-state index contributed by atoms with van der Waals surface area (Å²) in [5.74, 6) is 2.20. The number of furan rings is 1. The average molecular weight is 208 g/mol. The molecule has 1 aromatic heterocycles. The van der Waals surface area contributed by atoms with Gasteiger partial charge >= 0.3 is 0 Å². The first-order valence-electron chi connectivity index (χ1n) is 5.88. The van der Waals surface area contributed by atoms with E-state index in [0.29, 0.717) is 0 Å². The van der Waals surface area contributed by atoms with E-state index in [2.05, 4.69) is 53.7 Å². The lowest BCUT2D eigenvalue weighted by Crippen LogP contribution is -2.16. The molecule has 0 bridgehead atoms. The quantitative estimate of drug-likeness (QED) is 0.704. The second kappa shape index (κ2) is 4.03. The van der Waals surface area contributed by atoms with Crippen molar-refractivity contribution in [3.63, 3.8) is 0 Å². The smallest absolute Gasteiger partial charge is 0.109 e. The van der Waals surface area contributed by atoms with Crippen LogP contribution in [-0.2, 0) is 10.8 Å². The summed E-state index contributed by atoms with van der Waals surface area (Å²) < 4.78 is 5.97. The van der Waals surface area contributed by atoms with Crippen LogP contribution in [0.15, 0.2) is 16.5 Å². The molecule has 0 N–H and O–H groups in total. The van der Waals surface area contributed by atoms with Crippen molar-refractivity contribution >= 4 is 0 Å². The molecule has 0 amide bonds. The van der Waals surface area contributed by atoms with Crippen LogP contribution in [0.5, 0.6) is 0 Å². The topological polar surface area (TPSA) is 13.1 Å². The van der Waals surface area contributed by atoms with Crippen molar-refractivity contribution in [1.29, 1.82) is 0 Å². The molecule has 0 atom stereocenters. The Kier molecular flexibility index (Phi) is 3.32. The van der Waals surface area contributed by atoms with Gasteiger partial charge in [-0.3, -0.25) is 0 Å². The minimum Gasteiger partial charge on any atom is -0.465 e. The molecule has 0 saturated heterocycles. The largest absolute Gasteiger partial charge is 0.465 e. The Morgan fingerprint density at radius 3 is 1.93 bits per heavy atom. The average Bonchev–Trinajstić information content (AvgIpc) is 2.50. The van der Waals surface area contributed by atoms with Gasteiger partial charge in [0.05, 0.1) is 0 Å². The molecular formula is C14H24O. The van der Waals surface area contributed by atoms with E-state index in [4.69, 9.17) is 4.42 Å². The Bertz CT molecular complexity index is 312. The molecule has 1 aromatic rings. The lowest BCUT2D eigenvalue weighted by molar-refractivity contribution is 0.319. The summed E-state index contributed by atoms with van der Waals surface area (Å²) in [7, 11) is 0. The zero-order valence-electron chi connectivity index (χ0n) is 11.0. The highest BCUT2D eigenvalue weighted by molar-refractivity contribution is 5.19. The van der Waals surface area contributed by atoms with Gasteiger partial charge < -0.3 is 4.42 Å². The maximum Gasteiger partial charge on any atom is 0.109 e. The Balaban J connectivity index is 2.94. The van der Waals surface area contributed by atoms with Gasteiger partial charge in [-0.2, -0.15) is 0 Å². The summed E-state index contributed by atoms with van der Waals surface area (Å²) in [6, 6.07) is 4.25. The standard InChI is InChI=1S/C14H24O/c1-7-10-14(5,6)12-9-8-11(15-12)13(2,3)4/h8-9H,7,10H2,1-6H3. The number of hydrogen-bond acceptors (Lipinski definition) is 1. The maximum atomic E-state index is 5.97. The van der Waals surface area contributed by atoms with Crippen molar-refractivity contribution in [2.24, 2.45) is 0 Å². The summed E-state index contributed by atoms with van der Waals surface area (Å²) in [6.45, 7) is 13.3. The summed E-state index contributed by atoms with van der Waals surface area (Å²) in [4.78, 5) is 0. The Morgan fingerprint density at radius 2 is 1.53 bits per heavy atom. The van der Waals surface area contributed by atoms with Crippen LogP contribution < -0.4 is 0 Å². The molecule has 0 fully saturated rings. The molecule has 0 aliphatic heterocycles. The van der Waals surface area contributed by atoms with E-state index in [0.717, 1.165) is 11.5 Å². The first-order chi connectivity index (χ1) is 6.77. The summed E-state index contributed by atoms with van der Waals surface area (Å²) in [5, 5.41) is 0. The SMILES string of the molecule is CCCC(C)(C)c1ccc(C(C)(C)C)o1. The molecular weight excluding hydrogens is 184 g/mol. The fraction of sp³-hybridized carbons (Fsp3) is 0.714. The van der Waals surface area contributed by atoms with Crippen LogP contribution in [0, 0.1) is 0 Å². The predicted octanol–water partition coefficient (Wildman–Crippen LogP) is 4.65. The van der Waals surface area contributed by atoms with Gasteiger partial charge in [0.25, 0.3) is 0 Å². The molecule has 15 heavy (non-hydrogen) atoms. The van der Waals surface area contributed by atoms with E-state index in [1.54, 1.807) is 0 Å². The third kappa shape index (κ3) is 2.87. The van der Waals surface area contributed by atoms with Gasteiger partial charge in [-0.25, -0.2) is 0 Å². The summed E-state index contributed by atoms with van der Waals surface area (Å²) in [5.41, 5.74) is 0.277. The fourth-order valence-electron chi connectivity index (χ4n) is 1.85. The molecule has 0 radical (unpaired) electrons. The Hall–Kier alpha value is -0.720. The molecule has 1 nitrogen and oxygen atoms in total. The van der Waals surface area contributed by atoms with Crippen LogP contribution in [0.3, 0.4) is 0 Å². The fourth-order valence-corrected chi connectivity index (χ4v) is 1.85. The van der Waals surface area contributed by atoms with Crippen molar-refractivity contribution < 1.29 is 4.42 Å². The van der Waals surface area contributed by atoms with Gasteiger partial charge in [-0.05, 0) is 18.6 Å². The molecule has 0 aromatic carbocycles. The van der Waals surface area contributed by atoms with Gasteiger partial charge in [-0.1, -0.05) is 48.0 Å². The molecule has 0 unspecified atom stereocenters. The van der Waals surface area contributed by atoms with Crippen LogP contribution in [0.25, 0.3) is 0 Å². The maximum absolute atomic E-state index is 5.97. The van der Waals surface area contributed by atoms with Crippen molar-refractivity contribution in [1.82, 2.24) is 0 Å². The third-order valence-corrected chi connectivity index (χ3v) is 2.89. The van der Waals surface area contributed by atoms with Crippen molar-refractivity contribution in [2.45, 2.75) is 65.2 Å². The second-order valence-electron chi connectivity index (χ2n) is 6.05. The minimum absolute atomic E-state index is 0.112. The van der Waals surface area contributed by atoms with E-state index in [1.165, 1.54) is 12.8 Å². The monoisotopic (exact) mass is 208 g/mol. The van der Waals surface area contributed by atoms with Gasteiger partial charge in [-0.15, -0.1) is 0 Å². The molecule has 1 heterocycles. The van der Waals surface area contributed by atoms with Gasteiger partial charge in [0.2, 0.25) is 0 Å². The first kappa shape index (κ1) is 12.4. The van der Waals surface area contributed by atoms with Gasteiger partial charge in [0.15, 0.2) is 0 Å². The Morgan fingerprint density at radius 1 is 1.00 bits per heavy atom. The van der Waals surface area contributed by atoms with Crippen LogP contribution >= 0.6 is 0 Å².